The molecule has 0 atom stereocenters. The normalized spacial score (nSPS) is 17.5. The van der Waals surface area contributed by atoms with E-state index in [1.165, 1.54) is 5.39 Å². The van der Waals surface area contributed by atoms with Crippen LogP contribution in [0.3, 0.4) is 0 Å². The van der Waals surface area contributed by atoms with Gasteiger partial charge in [0.2, 0.25) is 0 Å². The highest BCUT2D eigenvalue weighted by Crippen LogP contribution is 2.30. The van der Waals surface area contributed by atoms with Gasteiger partial charge in [-0.1, -0.05) is 26.0 Å². The van der Waals surface area contributed by atoms with Gasteiger partial charge < -0.3 is 14.4 Å². The zero-order valence-corrected chi connectivity index (χ0v) is 13.0. The van der Waals surface area contributed by atoms with Crippen LogP contribution in [-0.4, -0.2) is 28.9 Å². The first kappa shape index (κ1) is 14.9. The minimum atomic E-state index is -0.850. The summed E-state index contributed by atoms with van der Waals surface area (Å²) in [6.45, 7) is 6.60. The van der Waals surface area contributed by atoms with Crippen molar-refractivity contribution < 1.29 is 14.6 Å². The first-order valence-electron chi connectivity index (χ1n) is 7.61. The van der Waals surface area contributed by atoms with Gasteiger partial charge in [0.05, 0.1) is 13.2 Å². The molecule has 22 heavy (non-hydrogen) atoms. The summed E-state index contributed by atoms with van der Waals surface area (Å²) in [7, 11) is 0. The second kappa shape index (κ2) is 5.61. The van der Waals surface area contributed by atoms with Crippen molar-refractivity contribution >= 4 is 22.9 Å². The highest BCUT2D eigenvalue weighted by Gasteiger charge is 2.33. The molecule has 3 rings (SSSR count). The molecule has 2 heterocycles. The predicted octanol–water partition coefficient (Wildman–Crippen LogP) is 3.56. The van der Waals surface area contributed by atoms with Crippen molar-refractivity contribution in [3.8, 4) is 0 Å². The summed E-state index contributed by atoms with van der Waals surface area (Å²) in [6, 6.07) is 8.19. The summed E-state index contributed by atoms with van der Waals surface area (Å²) >= 11 is 0. The molecule has 1 aliphatic rings. The van der Waals surface area contributed by atoms with E-state index in [4.69, 9.17) is 9.84 Å². The standard InChI is InChI=1S/C18H21NO3/c1-3-14(17(20)21)8-13-4-5-15-6-7-19(16(15)9-13)10-18(2)11-22-12-18/h4-9H,3,10-12H2,1-2H3,(H,20,21). The Bertz CT molecular complexity index is 738. The van der Waals surface area contributed by atoms with Crippen LogP contribution in [0.2, 0.25) is 0 Å². The Balaban J connectivity index is 1.96. The number of carboxylic acid groups (broad SMARTS) is 1. The molecular weight excluding hydrogens is 278 g/mol. The molecule has 116 valence electrons. The Labute approximate surface area is 130 Å². The second-order valence-corrected chi connectivity index (χ2v) is 6.39. The van der Waals surface area contributed by atoms with Gasteiger partial charge in [0.15, 0.2) is 0 Å². The first-order valence-corrected chi connectivity index (χ1v) is 7.61. The molecular formula is C18H21NO3. The molecule has 1 fully saturated rings. The summed E-state index contributed by atoms with van der Waals surface area (Å²) < 4.78 is 7.57. The minimum absolute atomic E-state index is 0.202. The molecule has 0 spiro atoms. The van der Waals surface area contributed by atoms with Gasteiger partial charge in [0, 0.05) is 29.2 Å². The van der Waals surface area contributed by atoms with Crippen LogP contribution in [0.1, 0.15) is 25.8 Å². The minimum Gasteiger partial charge on any atom is -0.478 e. The van der Waals surface area contributed by atoms with Crippen molar-refractivity contribution in [2.45, 2.75) is 26.8 Å². The largest absolute Gasteiger partial charge is 0.478 e. The number of nitrogens with zero attached hydrogens (tertiary/aromatic N) is 1. The third-order valence-electron chi connectivity index (χ3n) is 4.25. The van der Waals surface area contributed by atoms with E-state index in [1.807, 2.05) is 19.1 Å². The van der Waals surface area contributed by atoms with Gasteiger partial charge >= 0.3 is 5.97 Å². The Kier molecular flexibility index (Phi) is 3.79. The molecule has 0 aliphatic carbocycles. The fourth-order valence-corrected chi connectivity index (χ4v) is 2.90. The second-order valence-electron chi connectivity index (χ2n) is 6.39. The van der Waals surface area contributed by atoms with Gasteiger partial charge in [-0.3, -0.25) is 0 Å². The van der Waals surface area contributed by atoms with E-state index in [-0.39, 0.29) is 5.41 Å². The number of carbonyl (C=O) groups is 1. The number of fused-ring (bicyclic) bond motifs is 1. The SMILES string of the molecule is CCC(=Cc1ccc2ccn(CC3(C)COC3)c2c1)C(=O)O. The maximum Gasteiger partial charge on any atom is 0.331 e. The number of benzene rings is 1. The molecule has 4 nitrogen and oxygen atoms in total. The third kappa shape index (κ3) is 2.79. The van der Waals surface area contributed by atoms with E-state index >= 15 is 0 Å². The predicted molar refractivity (Wildman–Crippen MR) is 86.8 cm³/mol. The summed E-state index contributed by atoms with van der Waals surface area (Å²) in [5.41, 5.74) is 2.70. The fourth-order valence-electron chi connectivity index (χ4n) is 2.90. The van der Waals surface area contributed by atoms with Crippen LogP contribution in [-0.2, 0) is 16.1 Å². The summed E-state index contributed by atoms with van der Waals surface area (Å²) in [6.07, 6.45) is 4.37. The van der Waals surface area contributed by atoms with E-state index in [0.717, 1.165) is 30.8 Å². The van der Waals surface area contributed by atoms with Gasteiger partial charge in [-0.2, -0.15) is 0 Å². The van der Waals surface area contributed by atoms with Crippen molar-refractivity contribution in [2.24, 2.45) is 5.41 Å². The molecule has 1 aromatic heterocycles. The number of hydrogen-bond donors (Lipinski definition) is 1. The maximum atomic E-state index is 11.2. The van der Waals surface area contributed by atoms with Crippen LogP contribution in [0.4, 0.5) is 0 Å². The highest BCUT2D eigenvalue weighted by molar-refractivity contribution is 5.93. The average Bonchev–Trinajstić information content (AvgIpc) is 2.85. The molecule has 0 unspecified atom stereocenters. The molecule has 2 aromatic rings. The number of aliphatic carboxylic acids is 1. The van der Waals surface area contributed by atoms with Crippen molar-refractivity contribution in [2.75, 3.05) is 13.2 Å². The maximum absolute atomic E-state index is 11.2. The first-order chi connectivity index (χ1) is 10.5. The summed E-state index contributed by atoms with van der Waals surface area (Å²) in [5.74, 6) is -0.850. The van der Waals surface area contributed by atoms with E-state index in [1.54, 1.807) is 6.08 Å². The molecule has 1 aliphatic heterocycles. The Hall–Kier alpha value is -2.07. The summed E-state index contributed by atoms with van der Waals surface area (Å²) in [4.78, 5) is 11.2. The lowest BCUT2D eigenvalue weighted by Crippen LogP contribution is -2.42. The number of rotatable bonds is 5. The number of hydrogen-bond acceptors (Lipinski definition) is 2. The molecule has 0 radical (unpaired) electrons. The monoisotopic (exact) mass is 299 g/mol. The van der Waals surface area contributed by atoms with Crippen LogP contribution < -0.4 is 0 Å². The Morgan fingerprint density at radius 1 is 1.41 bits per heavy atom. The van der Waals surface area contributed by atoms with Crippen molar-refractivity contribution in [3.05, 3.63) is 41.6 Å². The number of carboxylic acids is 1. The zero-order valence-electron chi connectivity index (χ0n) is 13.0. The Morgan fingerprint density at radius 3 is 2.77 bits per heavy atom. The number of ether oxygens (including phenoxy) is 1. The smallest absolute Gasteiger partial charge is 0.331 e. The van der Waals surface area contributed by atoms with Crippen LogP contribution in [0, 0.1) is 5.41 Å². The van der Waals surface area contributed by atoms with Crippen LogP contribution >= 0.6 is 0 Å². The van der Waals surface area contributed by atoms with E-state index < -0.39 is 5.97 Å². The van der Waals surface area contributed by atoms with E-state index in [9.17, 15) is 4.79 Å². The van der Waals surface area contributed by atoms with Crippen LogP contribution in [0.25, 0.3) is 17.0 Å². The fraction of sp³-hybridized carbons (Fsp3) is 0.389. The molecule has 1 saturated heterocycles. The molecule has 0 bridgehead atoms. The quantitative estimate of drug-likeness (QED) is 0.859. The molecule has 0 saturated carbocycles. The number of aromatic nitrogens is 1. The highest BCUT2D eigenvalue weighted by atomic mass is 16.5. The van der Waals surface area contributed by atoms with Gasteiger partial charge in [0.25, 0.3) is 0 Å². The average molecular weight is 299 g/mol. The molecule has 0 amide bonds. The topological polar surface area (TPSA) is 51.5 Å². The van der Waals surface area contributed by atoms with E-state index in [2.05, 4.69) is 29.8 Å². The molecule has 1 aromatic carbocycles. The molecule has 1 N–H and O–H groups in total. The van der Waals surface area contributed by atoms with Crippen molar-refractivity contribution in [3.63, 3.8) is 0 Å². The van der Waals surface area contributed by atoms with Gasteiger partial charge in [-0.25, -0.2) is 4.79 Å². The lowest BCUT2D eigenvalue weighted by Gasteiger charge is -2.38. The lowest BCUT2D eigenvalue weighted by molar-refractivity contribution is -0.132. The zero-order chi connectivity index (χ0) is 15.7. The van der Waals surface area contributed by atoms with Gasteiger partial charge in [0.1, 0.15) is 0 Å². The van der Waals surface area contributed by atoms with Crippen LogP contribution in [0.15, 0.2) is 36.0 Å². The van der Waals surface area contributed by atoms with E-state index in [0.29, 0.717) is 12.0 Å². The van der Waals surface area contributed by atoms with Gasteiger partial charge in [-0.05, 0) is 35.6 Å². The third-order valence-corrected chi connectivity index (χ3v) is 4.25. The van der Waals surface area contributed by atoms with Crippen molar-refractivity contribution in [1.82, 2.24) is 4.57 Å². The van der Waals surface area contributed by atoms with Crippen molar-refractivity contribution in [1.29, 1.82) is 0 Å². The molecule has 4 heteroatoms. The van der Waals surface area contributed by atoms with Gasteiger partial charge in [-0.15, -0.1) is 0 Å². The van der Waals surface area contributed by atoms with Crippen LogP contribution in [0.5, 0.6) is 0 Å². The Morgan fingerprint density at radius 2 is 2.18 bits per heavy atom. The summed E-state index contributed by atoms with van der Waals surface area (Å²) in [5, 5.41) is 10.3. The lowest BCUT2D eigenvalue weighted by atomic mass is 9.88.